The Hall–Kier alpha value is -2.09. The molecule has 0 radical (unpaired) electrons. The van der Waals surface area contributed by atoms with Crippen molar-refractivity contribution >= 4 is 23.6 Å². The Balaban J connectivity index is 2.16. The van der Waals surface area contributed by atoms with Gasteiger partial charge in [0.15, 0.2) is 0 Å². The number of hydrogen-bond donors (Lipinski definition) is 0. The molecule has 0 saturated heterocycles. The average molecular weight is 344 g/mol. The van der Waals surface area contributed by atoms with Crippen molar-refractivity contribution in [3.8, 4) is 11.6 Å². The molecule has 124 valence electrons. The smallest absolute Gasteiger partial charge is 0.425 e. The van der Waals surface area contributed by atoms with Crippen LogP contribution in [0.25, 0.3) is 0 Å². The minimum Gasteiger partial charge on any atom is -0.438 e. The van der Waals surface area contributed by atoms with Crippen molar-refractivity contribution < 1.29 is 22.7 Å². The van der Waals surface area contributed by atoms with E-state index in [4.69, 9.17) is 4.74 Å². The van der Waals surface area contributed by atoms with Gasteiger partial charge in [0.25, 0.3) is 0 Å². The Bertz CT molecular complexity index is 671. The predicted octanol–water partition coefficient (Wildman–Crippen LogP) is 4.57. The highest BCUT2D eigenvalue weighted by molar-refractivity contribution is 7.10. The third-order valence-electron chi connectivity index (χ3n) is 2.77. The molecule has 0 aromatic carbocycles. The van der Waals surface area contributed by atoms with E-state index in [0.717, 1.165) is 6.07 Å². The Kier molecular flexibility index (Phi) is 5.25. The molecule has 2 rings (SSSR count). The first kappa shape index (κ1) is 17.3. The highest BCUT2D eigenvalue weighted by Gasteiger charge is 2.32. The Morgan fingerprint density at radius 1 is 1.39 bits per heavy atom. The van der Waals surface area contributed by atoms with Gasteiger partial charge in [0.05, 0.1) is 0 Å². The monoisotopic (exact) mass is 344 g/mol. The molecule has 2 aromatic rings. The van der Waals surface area contributed by atoms with Gasteiger partial charge in [0.1, 0.15) is 16.4 Å². The molecule has 0 spiro atoms. The largest absolute Gasteiger partial charge is 0.438 e. The van der Waals surface area contributed by atoms with Gasteiger partial charge in [0, 0.05) is 24.1 Å². The summed E-state index contributed by atoms with van der Waals surface area (Å²) in [4.78, 5) is 16.0. The number of anilines is 1. The van der Waals surface area contributed by atoms with Gasteiger partial charge in [-0.25, -0.2) is 0 Å². The molecule has 0 atom stereocenters. The summed E-state index contributed by atoms with van der Waals surface area (Å²) in [5, 5.41) is 1.27. The van der Waals surface area contributed by atoms with Gasteiger partial charge in [-0.3, -0.25) is 9.69 Å². The van der Waals surface area contributed by atoms with Gasteiger partial charge in [-0.1, -0.05) is 19.9 Å². The molecule has 0 aliphatic carbocycles. The lowest BCUT2D eigenvalue weighted by Gasteiger charge is -2.18. The van der Waals surface area contributed by atoms with Crippen molar-refractivity contribution in [3.63, 3.8) is 0 Å². The van der Waals surface area contributed by atoms with Crippen LogP contribution in [0.15, 0.2) is 29.6 Å². The number of pyridine rings is 1. The molecule has 0 aliphatic heterocycles. The van der Waals surface area contributed by atoms with Crippen molar-refractivity contribution in [2.24, 2.45) is 5.92 Å². The van der Waals surface area contributed by atoms with E-state index < -0.39 is 11.1 Å². The Labute approximate surface area is 135 Å². The molecular formula is C15H15F3N2O2S. The van der Waals surface area contributed by atoms with Crippen LogP contribution in [0.3, 0.4) is 0 Å². The fraction of sp³-hybridized carbons (Fsp3) is 0.333. The van der Waals surface area contributed by atoms with E-state index >= 15 is 0 Å². The molecule has 4 nitrogen and oxygen atoms in total. The topological polar surface area (TPSA) is 42.4 Å². The minimum atomic E-state index is -4.40. The molecule has 0 bridgehead atoms. The van der Waals surface area contributed by atoms with Crippen molar-refractivity contribution in [2.75, 3.05) is 11.4 Å². The number of halogens is 3. The zero-order valence-electron chi connectivity index (χ0n) is 12.5. The van der Waals surface area contributed by atoms with Gasteiger partial charge >= 0.3 is 6.18 Å². The molecular weight excluding hydrogens is 329 g/mol. The number of thiophene rings is 1. The zero-order chi connectivity index (χ0) is 17.0. The van der Waals surface area contributed by atoms with Crippen LogP contribution in [0.1, 0.15) is 18.7 Å². The van der Waals surface area contributed by atoms with Gasteiger partial charge in [-0.05, 0) is 12.0 Å². The number of carbonyl (C=O) groups excluding carboxylic acids is 1. The molecule has 0 aliphatic rings. The third kappa shape index (κ3) is 4.69. The number of hydrogen-bond acceptors (Lipinski definition) is 4. The lowest BCUT2D eigenvalue weighted by molar-refractivity contribution is -0.134. The van der Waals surface area contributed by atoms with Crippen molar-refractivity contribution in [1.29, 1.82) is 0 Å². The van der Waals surface area contributed by atoms with E-state index in [9.17, 15) is 18.0 Å². The summed E-state index contributed by atoms with van der Waals surface area (Å²) in [6, 6.07) is 5.71. The van der Waals surface area contributed by atoms with E-state index in [2.05, 4.69) is 4.98 Å². The first-order valence-corrected chi connectivity index (χ1v) is 7.70. The fourth-order valence-corrected chi connectivity index (χ4v) is 2.52. The maximum Gasteiger partial charge on any atom is 0.425 e. The highest BCUT2D eigenvalue weighted by Crippen LogP contribution is 2.37. The first-order chi connectivity index (χ1) is 10.8. The van der Waals surface area contributed by atoms with Gasteiger partial charge < -0.3 is 4.74 Å². The highest BCUT2D eigenvalue weighted by atomic mass is 32.1. The lowest BCUT2D eigenvalue weighted by atomic mass is 10.2. The summed E-state index contributed by atoms with van der Waals surface area (Å²) in [6.07, 6.45) is -3.73. The SMILES string of the molecule is CC(C)CN(C=O)c1cccc(Oc2csc(C(F)(F)F)c2)n1. The average Bonchev–Trinajstić information content (AvgIpc) is 2.93. The lowest BCUT2D eigenvalue weighted by Crippen LogP contribution is -2.26. The maximum atomic E-state index is 12.6. The summed E-state index contributed by atoms with van der Waals surface area (Å²) in [5.74, 6) is 0.827. The molecule has 1 amide bonds. The Morgan fingerprint density at radius 2 is 2.13 bits per heavy atom. The second-order valence-electron chi connectivity index (χ2n) is 5.23. The summed E-state index contributed by atoms with van der Waals surface area (Å²) in [6.45, 7) is 4.40. The summed E-state index contributed by atoms with van der Waals surface area (Å²) >= 11 is 0.555. The number of alkyl halides is 3. The van der Waals surface area contributed by atoms with Gasteiger partial charge in [-0.2, -0.15) is 18.2 Å². The van der Waals surface area contributed by atoms with Crippen molar-refractivity contribution in [3.05, 3.63) is 34.5 Å². The van der Waals surface area contributed by atoms with Crippen LogP contribution in [0.2, 0.25) is 0 Å². The maximum absolute atomic E-state index is 12.6. The summed E-state index contributed by atoms with van der Waals surface area (Å²) in [7, 11) is 0. The van der Waals surface area contributed by atoms with E-state index in [1.54, 1.807) is 12.1 Å². The van der Waals surface area contributed by atoms with Crippen LogP contribution < -0.4 is 9.64 Å². The van der Waals surface area contributed by atoms with Gasteiger partial charge in [-0.15, -0.1) is 11.3 Å². The Morgan fingerprint density at radius 3 is 2.70 bits per heavy atom. The molecule has 0 saturated carbocycles. The number of aromatic nitrogens is 1. The van der Waals surface area contributed by atoms with Crippen molar-refractivity contribution in [1.82, 2.24) is 4.98 Å². The number of carbonyl (C=O) groups is 1. The first-order valence-electron chi connectivity index (χ1n) is 6.82. The number of nitrogens with zero attached hydrogens (tertiary/aromatic N) is 2. The second kappa shape index (κ2) is 6.99. The number of rotatable bonds is 6. The predicted molar refractivity (Wildman–Crippen MR) is 81.9 cm³/mol. The molecule has 2 aromatic heterocycles. The van der Waals surface area contributed by atoms with Crippen LogP contribution >= 0.6 is 11.3 Å². The van der Waals surface area contributed by atoms with Crippen LogP contribution in [-0.4, -0.2) is 17.9 Å². The fourth-order valence-electron chi connectivity index (χ4n) is 1.85. The quantitative estimate of drug-likeness (QED) is 0.721. The van der Waals surface area contributed by atoms with Gasteiger partial charge in [0.2, 0.25) is 12.3 Å². The molecule has 23 heavy (non-hydrogen) atoms. The normalized spacial score (nSPS) is 11.6. The standard InChI is InChI=1S/C15H15F3N2O2S/c1-10(2)7-20(9-21)13-4-3-5-14(19-13)22-11-6-12(23-8-11)15(16,17)18/h3-6,8-10H,7H2,1-2H3. The van der Waals surface area contributed by atoms with Crippen LogP contribution in [0.5, 0.6) is 11.6 Å². The summed E-state index contributed by atoms with van der Waals surface area (Å²) < 4.78 is 43.1. The van der Waals surface area contributed by atoms with E-state index in [1.807, 2.05) is 13.8 Å². The summed E-state index contributed by atoms with van der Waals surface area (Å²) in [5.41, 5.74) is 0. The molecule has 0 N–H and O–H groups in total. The minimum absolute atomic E-state index is 0.0634. The van der Waals surface area contributed by atoms with Crippen molar-refractivity contribution in [2.45, 2.75) is 20.0 Å². The second-order valence-corrected chi connectivity index (χ2v) is 6.14. The van der Waals surface area contributed by atoms with E-state index in [1.165, 1.54) is 16.3 Å². The zero-order valence-corrected chi connectivity index (χ0v) is 13.3. The van der Waals surface area contributed by atoms with E-state index in [-0.39, 0.29) is 17.5 Å². The molecule has 2 heterocycles. The molecule has 0 unspecified atom stereocenters. The molecule has 8 heteroatoms. The third-order valence-corrected chi connectivity index (χ3v) is 3.72. The van der Waals surface area contributed by atoms with E-state index in [0.29, 0.717) is 30.1 Å². The van der Waals surface area contributed by atoms with Crippen LogP contribution in [-0.2, 0) is 11.0 Å². The van der Waals surface area contributed by atoms with Crippen LogP contribution in [0.4, 0.5) is 19.0 Å². The molecule has 0 fully saturated rings. The number of ether oxygens (including phenoxy) is 1. The number of amides is 1. The van der Waals surface area contributed by atoms with Crippen LogP contribution in [0, 0.1) is 5.92 Å².